The van der Waals surface area contributed by atoms with Crippen molar-refractivity contribution in [2.45, 2.75) is 11.8 Å². The number of hydrogen-bond acceptors (Lipinski definition) is 6. The van der Waals surface area contributed by atoms with Gasteiger partial charge < -0.3 is 0 Å². The van der Waals surface area contributed by atoms with Gasteiger partial charge in [-0.1, -0.05) is 17.7 Å². The van der Waals surface area contributed by atoms with Gasteiger partial charge in [-0.05, 0) is 61.5 Å². The van der Waals surface area contributed by atoms with Crippen LogP contribution in [0.25, 0.3) is 0 Å². The van der Waals surface area contributed by atoms with Gasteiger partial charge in [-0.2, -0.15) is 0 Å². The zero-order chi connectivity index (χ0) is 21.0. The predicted octanol–water partition coefficient (Wildman–Crippen LogP) is 4.45. The number of rotatable bonds is 6. The highest BCUT2D eigenvalue weighted by molar-refractivity contribution is 7.92. The molecule has 8 heteroatoms. The summed E-state index contributed by atoms with van der Waals surface area (Å²) in [6, 6.07) is 19.4. The Morgan fingerprint density at radius 2 is 1.40 bits per heavy atom. The van der Waals surface area contributed by atoms with Crippen LogP contribution in [0.2, 0.25) is 0 Å². The van der Waals surface area contributed by atoms with Crippen molar-refractivity contribution in [3.05, 3.63) is 97.2 Å². The summed E-state index contributed by atoms with van der Waals surface area (Å²) in [4.78, 5) is 14.5. The number of anilines is 4. The molecule has 2 aromatic heterocycles. The van der Waals surface area contributed by atoms with Gasteiger partial charge in [0, 0.05) is 30.0 Å². The second-order valence-corrected chi connectivity index (χ2v) is 8.26. The Morgan fingerprint density at radius 3 is 2.03 bits per heavy atom. The molecule has 2 aromatic carbocycles. The van der Waals surface area contributed by atoms with Crippen molar-refractivity contribution in [3.63, 3.8) is 0 Å². The van der Waals surface area contributed by atoms with Crippen LogP contribution in [0, 0.1) is 6.92 Å². The summed E-state index contributed by atoms with van der Waals surface area (Å²) >= 11 is 0. The number of benzene rings is 2. The minimum atomic E-state index is -3.66. The fraction of sp³-hybridized carbons (Fsp3) is 0.0455. The highest BCUT2D eigenvalue weighted by atomic mass is 32.2. The van der Waals surface area contributed by atoms with Gasteiger partial charge in [0.15, 0.2) is 0 Å². The Hall–Kier alpha value is -3.78. The minimum absolute atomic E-state index is 0.219. The number of hydrogen-bond donors (Lipinski definition) is 1. The SMILES string of the molecule is Cc1ccc(S(=O)(=O)Nc2ccc(N(c3ccncc3)c3ccncn3)cc2)cc1. The maximum Gasteiger partial charge on any atom is 0.261 e. The van der Waals surface area contributed by atoms with E-state index in [-0.39, 0.29) is 4.90 Å². The van der Waals surface area contributed by atoms with Crippen molar-refractivity contribution in [3.8, 4) is 0 Å². The first kappa shape index (κ1) is 19.5. The van der Waals surface area contributed by atoms with Crippen LogP contribution in [0.5, 0.6) is 0 Å². The van der Waals surface area contributed by atoms with Gasteiger partial charge in [-0.3, -0.25) is 14.6 Å². The second kappa shape index (κ2) is 8.30. The quantitative estimate of drug-likeness (QED) is 0.499. The first-order chi connectivity index (χ1) is 14.5. The Labute approximate surface area is 175 Å². The molecule has 2 heterocycles. The average Bonchev–Trinajstić information content (AvgIpc) is 2.77. The standard InChI is InChI=1S/C22H19N5O2S/c1-17-2-8-21(9-3-17)30(28,29)26-18-4-6-19(7-5-18)27(20-10-13-23-14-11-20)22-12-15-24-16-25-22/h2-16,26H,1H3. The van der Waals surface area contributed by atoms with Gasteiger partial charge in [0.1, 0.15) is 12.1 Å². The van der Waals surface area contributed by atoms with Crippen LogP contribution in [0.15, 0.2) is 96.5 Å². The molecule has 0 aliphatic carbocycles. The lowest BCUT2D eigenvalue weighted by molar-refractivity contribution is 0.601. The summed E-state index contributed by atoms with van der Waals surface area (Å²) < 4.78 is 27.9. The van der Waals surface area contributed by atoms with E-state index in [1.165, 1.54) is 6.33 Å². The number of pyridine rings is 1. The lowest BCUT2D eigenvalue weighted by Crippen LogP contribution is -2.14. The molecule has 0 aliphatic rings. The maximum absolute atomic E-state index is 12.6. The summed E-state index contributed by atoms with van der Waals surface area (Å²) in [5.74, 6) is 0.684. The zero-order valence-electron chi connectivity index (χ0n) is 16.2. The molecule has 7 nitrogen and oxygen atoms in total. The third kappa shape index (κ3) is 4.28. The molecule has 0 bridgehead atoms. The topological polar surface area (TPSA) is 88.1 Å². The average molecular weight is 417 g/mol. The summed E-state index contributed by atoms with van der Waals surface area (Å²) in [5.41, 5.74) is 3.16. The van der Waals surface area contributed by atoms with Crippen molar-refractivity contribution in [1.29, 1.82) is 0 Å². The molecule has 0 spiro atoms. The largest absolute Gasteiger partial charge is 0.295 e. The van der Waals surface area contributed by atoms with Crippen LogP contribution in [0.4, 0.5) is 22.9 Å². The molecule has 0 saturated carbocycles. The van der Waals surface area contributed by atoms with E-state index in [4.69, 9.17) is 0 Å². The van der Waals surface area contributed by atoms with Gasteiger partial charge in [0.25, 0.3) is 10.0 Å². The predicted molar refractivity (Wildman–Crippen MR) is 116 cm³/mol. The molecular formula is C22H19N5O2S. The molecule has 4 aromatic rings. The molecule has 0 fully saturated rings. The van der Waals surface area contributed by atoms with E-state index in [9.17, 15) is 8.42 Å². The van der Waals surface area contributed by atoms with Gasteiger partial charge >= 0.3 is 0 Å². The Morgan fingerprint density at radius 1 is 0.767 bits per heavy atom. The van der Waals surface area contributed by atoms with Gasteiger partial charge in [0.2, 0.25) is 0 Å². The third-order valence-electron chi connectivity index (χ3n) is 4.43. The lowest BCUT2D eigenvalue weighted by atomic mass is 10.2. The summed E-state index contributed by atoms with van der Waals surface area (Å²) in [7, 11) is -3.66. The first-order valence-corrected chi connectivity index (χ1v) is 10.7. The van der Waals surface area contributed by atoms with Crippen molar-refractivity contribution < 1.29 is 8.42 Å². The lowest BCUT2D eigenvalue weighted by Gasteiger charge is -2.24. The van der Waals surface area contributed by atoms with Crippen LogP contribution in [0.3, 0.4) is 0 Å². The normalized spacial score (nSPS) is 11.1. The van der Waals surface area contributed by atoms with Crippen LogP contribution in [0.1, 0.15) is 5.56 Å². The van der Waals surface area contributed by atoms with Crippen LogP contribution >= 0.6 is 0 Å². The Kier molecular flexibility index (Phi) is 5.40. The Balaban J connectivity index is 1.63. The molecule has 4 rings (SSSR count). The van der Waals surface area contributed by atoms with Crippen LogP contribution in [-0.4, -0.2) is 23.4 Å². The van der Waals surface area contributed by atoms with Crippen molar-refractivity contribution in [2.75, 3.05) is 9.62 Å². The highest BCUT2D eigenvalue weighted by Gasteiger charge is 2.16. The summed E-state index contributed by atoms with van der Waals surface area (Å²) in [5, 5.41) is 0. The number of aromatic nitrogens is 3. The number of nitrogens with zero attached hydrogens (tertiary/aromatic N) is 4. The van der Waals surface area contributed by atoms with E-state index in [0.717, 1.165) is 16.9 Å². The van der Waals surface area contributed by atoms with E-state index in [1.807, 2.05) is 36.1 Å². The number of sulfonamides is 1. The van der Waals surface area contributed by atoms with Crippen molar-refractivity contribution >= 4 is 32.9 Å². The van der Waals surface area contributed by atoms with Crippen molar-refractivity contribution in [1.82, 2.24) is 15.0 Å². The van der Waals surface area contributed by atoms with E-state index >= 15 is 0 Å². The smallest absolute Gasteiger partial charge is 0.261 e. The fourth-order valence-electron chi connectivity index (χ4n) is 2.93. The maximum atomic E-state index is 12.6. The van der Waals surface area contributed by atoms with Gasteiger partial charge in [0.05, 0.1) is 10.6 Å². The molecule has 0 amide bonds. The zero-order valence-corrected chi connectivity index (χ0v) is 17.0. The van der Waals surface area contributed by atoms with E-state index in [2.05, 4.69) is 19.7 Å². The number of nitrogens with one attached hydrogen (secondary N) is 1. The first-order valence-electron chi connectivity index (χ1n) is 9.19. The molecule has 0 unspecified atom stereocenters. The molecule has 0 aliphatic heterocycles. The molecule has 0 saturated heterocycles. The summed E-state index contributed by atoms with van der Waals surface area (Å²) in [6.07, 6.45) is 6.55. The molecule has 150 valence electrons. The van der Waals surface area contributed by atoms with Gasteiger partial charge in [-0.15, -0.1) is 0 Å². The Bertz CT molecular complexity index is 1170. The fourth-order valence-corrected chi connectivity index (χ4v) is 3.99. The van der Waals surface area contributed by atoms with E-state index < -0.39 is 10.0 Å². The molecule has 0 atom stereocenters. The third-order valence-corrected chi connectivity index (χ3v) is 5.82. The molecular weight excluding hydrogens is 398 g/mol. The van der Waals surface area contributed by atoms with Crippen LogP contribution < -0.4 is 9.62 Å². The minimum Gasteiger partial charge on any atom is -0.295 e. The van der Waals surface area contributed by atoms with Crippen molar-refractivity contribution in [2.24, 2.45) is 0 Å². The van der Waals surface area contributed by atoms with E-state index in [0.29, 0.717) is 11.5 Å². The molecule has 30 heavy (non-hydrogen) atoms. The number of aryl methyl sites for hydroxylation is 1. The monoisotopic (exact) mass is 417 g/mol. The second-order valence-electron chi connectivity index (χ2n) is 6.57. The molecule has 0 radical (unpaired) electrons. The highest BCUT2D eigenvalue weighted by Crippen LogP contribution is 2.33. The molecule has 1 N–H and O–H groups in total. The van der Waals surface area contributed by atoms with Gasteiger partial charge in [-0.25, -0.2) is 18.4 Å². The van der Waals surface area contributed by atoms with Crippen LogP contribution in [-0.2, 0) is 10.0 Å². The summed E-state index contributed by atoms with van der Waals surface area (Å²) in [6.45, 7) is 1.91. The van der Waals surface area contributed by atoms with E-state index in [1.54, 1.807) is 61.1 Å².